The molecule has 0 heterocycles. The summed E-state index contributed by atoms with van der Waals surface area (Å²) in [7, 11) is 0. The lowest BCUT2D eigenvalue weighted by molar-refractivity contribution is 0.0164. The first-order valence-corrected chi connectivity index (χ1v) is 11.9. The van der Waals surface area contributed by atoms with Gasteiger partial charge in [-0.05, 0) is 86.3 Å². The van der Waals surface area contributed by atoms with Crippen LogP contribution in [0.1, 0.15) is 113 Å². The molecule has 0 spiro atoms. The third kappa shape index (κ3) is 5.61. The van der Waals surface area contributed by atoms with Crippen LogP contribution < -0.4 is 0 Å². The minimum absolute atomic E-state index is 0.119. The Kier molecular flexibility index (Phi) is 8.00. The molecular weight excluding hydrogens is 344 g/mol. The van der Waals surface area contributed by atoms with Crippen LogP contribution >= 0.6 is 0 Å². The zero-order chi connectivity index (χ0) is 19.9. The summed E-state index contributed by atoms with van der Waals surface area (Å²) >= 11 is 0. The summed E-state index contributed by atoms with van der Waals surface area (Å²) in [6, 6.07) is 8.34. The molecule has 0 radical (unpaired) electrons. The van der Waals surface area contributed by atoms with Crippen LogP contribution in [0.2, 0.25) is 0 Å². The maximum atomic E-state index is 12.5. The van der Waals surface area contributed by atoms with Gasteiger partial charge in [0, 0.05) is 0 Å². The van der Waals surface area contributed by atoms with Crippen molar-refractivity contribution in [2.45, 2.75) is 103 Å². The molecule has 1 aromatic carbocycles. The van der Waals surface area contributed by atoms with Gasteiger partial charge in [-0.25, -0.2) is 4.79 Å². The van der Waals surface area contributed by atoms with E-state index in [1.165, 1.54) is 63.4 Å². The van der Waals surface area contributed by atoms with E-state index in [-0.39, 0.29) is 12.1 Å². The van der Waals surface area contributed by atoms with Crippen molar-refractivity contribution in [1.29, 1.82) is 0 Å². The van der Waals surface area contributed by atoms with Gasteiger partial charge < -0.3 is 4.74 Å². The lowest BCUT2D eigenvalue weighted by Gasteiger charge is -2.34. The van der Waals surface area contributed by atoms with Gasteiger partial charge in [0.25, 0.3) is 0 Å². The number of rotatable bonds is 7. The van der Waals surface area contributed by atoms with E-state index < -0.39 is 0 Å². The number of esters is 1. The van der Waals surface area contributed by atoms with Crippen LogP contribution in [0.3, 0.4) is 0 Å². The zero-order valence-electron chi connectivity index (χ0n) is 18.3. The third-order valence-electron chi connectivity index (χ3n) is 7.46. The normalized spacial score (nSPS) is 30.8. The average molecular weight is 385 g/mol. The Balaban J connectivity index is 1.51. The summed E-state index contributed by atoms with van der Waals surface area (Å²) in [4.78, 5) is 12.5. The maximum Gasteiger partial charge on any atom is 0.338 e. The topological polar surface area (TPSA) is 26.3 Å². The molecule has 2 heteroatoms. The summed E-state index contributed by atoms with van der Waals surface area (Å²) in [6.07, 6.45) is 13.9. The highest BCUT2D eigenvalue weighted by Gasteiger charge is 2.28. The molecule has 1 unspecified atom stereocenters. The highest BCUT2D eigenvalue weighted by molar-refractivity contribution is 5.89. The van der Waals surface area contributed by atoms with Crippen LogP contribution in [0, 0.1) is 17.8 Å². The molecular formula is C26H40O2. The first-order chi connectivity index (χ1) is 13.6. The van der Waals surface area contributed by atoms with Crippen LogP contribution in [-0.2, 0) is 4.74 Å². The van der Waals surface area contributed by atoms with E-state index in [9.17, 15) is 4.79 Å². The number of hydrogen-bond donors (Lipinski definition) is 0. The lowest BCUT2D eigenvalue weighted by atomic mass is 9.71. The van der Waals surface area contributed by atoms with Crippen LogP contribution in [0.15, 0.2) is 24.3 Å². The third-order valence-corrected chi connectivity index (χ3v) is 7.46. The molecule has 156 valence electrons. The Labute approximate surface area is 172 Å². The fraction of sp³-hybridized carbons (Fsp3) is 0.731. The van der Waals surface area contributed by atoms with Gasteiger partial charge >= 0.3 is 5.97 Å². The first-order valence-electron chi connectivity index (χ1n) is 11.9. The second-order valence-corrected chi connectivity index (χ2v) is 9.48. The van der Waals surface area contributed by atoms with E-state index >= 15 is 0 Å². The summed E-state index contributed by atoms with van der Waals surface area (Å²) in [5.74, 6) is 2.99. The van der Waals surface area contributed by atoms with E-state index in [2.05, 4.69) is 32.9 Å². The van der Waals surface area contributed by atoms with E-state index in [1.807, 2.05) is 12.1 Å². The van der Waals surface area contributed by atoms with Gasteiger partial charge in [-0.15, -0.1) is 0 Å². The lowest BCUT2D eigenvalue weighted by Crippen LogP contribution is -2.24. The van der Waals surface area contributed by atoms with Gasteiger partial charge in [0.05, 0.1) is 5.56 Å². The molecule has 0 amide bonds. The van der Waals surface area contributed by atoms with Gasteiger partial charge in [-0.2, -0.15) is 0 Å². The Morgan fingerprint density at radius 3 is 2.25 bits per heavy atom. The molecule has 3 atom stereocenters. The molecule has 2 aliphatic rings. The number of ether oxygens (including phenoxy) is 1. The molecule has 0 bridgehead atoms. The molecule has 3 rings (SSSR count). The predicted octanol–water partition coefficient (Wildman–Crippen LogP) is 7.52. The predicted molar refractivity (Wildman–Crippen MR) is 117 cm³/mol. The highest BCUT2D eigenvalue weighted by Crippen LogP contribution is 2.41. The fourth-order valence-electron chi connectivity index (χ4n) is 5.50. The number of hydrogen-bond acceptors (Lipinski definition) is 2. The molecule has 2 saturated carbocycles. The largest absolute Gasteiger partial charge is 0.459 e. The Hall–Kier alpha value is -1.31. The second kappa shape index (κ2) is 10.5. The maximum absolute atomic E-state index is 12.5. The van der Waals surface area contributed by atoms with E-state index in [1.54, 1.807) is 0 Å². The zero-order valence-corrected chi connectivity index (χ0v) is 18.3. The Bertz CT molecular complexity index is 597. The van der Waals surface area contributed by atoms with Gasteiger partial charge in [-0.3, -0.25) is 0 Å². The van der Waals surface area contributed by atoms with Gasteiger partial charge in [0.2, 0.25) is 0 Å². The molecule has 0 aliphatic heterocycles. The van der Waals surface area contributed by atoms with Crippen molar-refractivity contribution in [2.24, 2.45) is 17.8 Å². The van der Waals surface area contributed by atoms with E-state index in [0.29, 0.717) is 11.5 Å². The molecule has 2 aliphatic carbocycles. The quantitative estimate of drug-likeness (QED) is 0.454. The van der Waals surface area contributed by atoms with Crippen LogP contribution in [0.4, 0.5) is 0 Å². The monoisotopic (exact) mass is 384 g/mol. The first kappa shape index (κ1) is 21.4. The molecule has 1 aromatic rings. The molecule has 2 nitrogen and oxygen atoms in total. The fourth-order valence-corrected chi connectivity index (χ4v) is 5.50. The summed E-state index contributed by atoms with van der Waals surface area (Å²) in [5, 5.41) is 0. The van der Waals surface area contributed by atoms with Crippen molar-refractivity contribution in [1.82, 2.24) is 0 Å². The van der Waals surface area contributed by atoms with E-state index in [0.717, 1.165) is 30.6 Å². The minimum atomic E-state index is -0.136. The van der Waals surface area contributed by atoms with Gasteiger partial charge in [0.15, 0.2) is 0 Å². The summed E-state index contributed by atoms with van der Waals surface area (Å²) in [6.45, 7) is 6.96. The minimum Gasteiger partial charge on any atom is -0.459 e. The van der Waals surface area contributed by atoms with E-state index in [4.69, 9.17) is 4.74 Å². The molecule has 0 N–H and O–H groups in total. The number of unbranched alkanes of at least 4 members (excludes halogenated alkanes) is 1. The molecule has 0 saturated heterocycles. The summed E-state index contributed by atoms with van der Waals surface area (Å²) < 4.78 is 5.79. The van der Waals surface area contributed by atoms with Gasteiger partial charge in [-0.1, -0.05) is 58.6 Å². The Morgan fingerprint density at radius 1 is 0.964 bits per heavy atom. The van der Waals surface area contributed by atoms with Crippen molar-refractivity contribution in [3.63, 3.8) is 0 Å². The van der Waals surface area contributed by atoms with Crippen LogP contribution in [0.25, 0.3) is 0 Å². The molecule has 28 heavy (non-hydrogen) atoms. The SMILES string of the molecule is CCCCC1CC[C@@H](c2ccc(C(=O)OC3CCC(CC)CC3)cc2)[C@H](C)C1. The van der Waals surface area contributed by atoms with Crippen molar-refractivity contribution in [3.8, 4) is 0 Å². The average Bonchev–Trinajstić information content (AvgIpc) is 2.73. The number of benzene rings is 1. The summed E-state index contributed by atoms with van der Waals surface area (Å²) in [5.41, 5.74) is 2.12. The van der Waals surface area contributed by atoms with Gasteiger partial charge in [0.1, 0.15) is 6.10 Å². The van der Waals surface area contributed by atoms with Crippen LogP contribution in [0.5, 0.6) is 0 Å². The van der Waals surface area contributed by atoms with Crippen molar-refractivity contribution >= 4 is 5.97 Å². The number of carbonyl (C=O) groups excluding carboxylic acids is 1. The van der Waals surface area contributed by atoms with Crippen molar-refractivity contribution in [2.75, 3.05) is 0 Å². The van der Waals surface area contributed by atoms with Crippen molar-refractivity contribution < 1.29 is 9.53 Å². The Morgan fingerprint density at radius 2 is 1.64 bits per heavy atom. The smallest absolute Gasteiger partial charge is 0.338 e. The second-order valence-electron chi connectivity index (χ2n) is 9.48. The number of carbonyl (C=O) groups is 1. The van der Waals surface area contributed by atoms with Crippen LogP contribution in [-0.4, -0.2) is 12.1 Å². The van der Waals surface area contributed by atoms with Crippen molar-refractivity contribution in [3.05, 3.63) is 35.4 Å². The highest BCUT2D eigenvalue weighted by atomic mass is 16.5. The standard InChI is InChI=1S/C26H40O2/c1-4-6-7-21-10-17-25(19(3)18-21)22-11-13-23(14-12-22)26(27)28-24-15-8-20(5-2)9-16-24/h11-14,19-21,24-25H,4-10,15-18H2,1-3H3/t19-,20?,21?,24?,25-/m1/s1. The molecule has 2 fully saturated rings. The molecule has 0 aromatic heterocycles.